The average Bonchev–Trinajstić information content (AvgIpc) is 2.40. The van der Waals surface area contributed by atoms with Gasteiger partial charge in [-0.25, -0.2) is 0 Å². The molecule has 0 saturated heterocycles. The number of carbonyl (C=O) groups is 1. The Morgan fingerprint density at radius 1 is 1.14 bits per heavy atom. The maximum atomic E-state index is 10.2. The molecule has 0 bridgehead atoms. The molecule has 0 N–H and O–H groups in total. The van der Waals surface area contributed by atoms with Gasteiger partial charge in [0.25, 0.3) is 0 Å². The summed E-state index contributed by atoms with van der Waals surface area (Å²) in [6, 6.07) is 8.39. The number of hydrogen-bond acceptors (Lipinski definition) is 2. The van der Waals surface area contributed by atoms with Crippen LogP contribution in [0.25, 0.3) is 6.08 Å². The summed E-state index contributed by atoms with van der Waals surface area (Å²) in [7, 11) is -0.767. The fourth-order valence-corrected chi connectivity index (χ4v) is 3.04. The maximum Gasteiger partial charge on any atom is 0.205 e. The van der Waals surface area contributed by atoms with Crippen molar-refractivity contribution in [2.24, 2.45) is 5.41 Å². The average molecular weight is 301 g/mol. The molecule has 21 heavy (non-hydrogen) atoms. The van der Waals surface area contributed by atoms with E-state index in [-0.39, 0.29) is 11.5 Å². The molecule has 0 spiro atoms. The summed E-state index contributed by atoms with van der Waals surface area (Å²) in [5.41, 5.74) is 2.37. The van der Waals surface area contributed by atoms with Crippen molar-refractivity contribution in [1.82, 2.24) is 0 Å². The first-order valence-electron chi connectivity index (χ1n) is 7.20. The zero-order chi connectivity index (χ0) is 15.9. The monoisotopic (exact) mass is 301 g/mol. The Balaban J connectivity index is 3.02. The number of carbonyl (C=O) groups excluding carboxylic acids is 1. The third kappa shape index (κ3) is 6.23. The number of hydrogen-bond donors (Lipinski definition) is 0. The predicted octanol–water partition coefficient (Wildman–Crippen LogP) is 4.81. The molecule has 0 amide bonds. The molecule has 1 rings (SSSR count). The molecule has 0 aliphatic heterocycles. The minimum Gasteiger partial charge on any atom is -0.410 e. The largest absolute Gasteiger partial charge is 0.410 e. The second kappa shape index (κ2) is 8.10. The molecule has 1 unspecified atom stereocenters. The van der Waals surface area contributed by atoms with E-state index >= 15 is 0 Å². The van der Waals surface area contributed by atoms with Crippen LogP contribution in [0.15, 0.2) is 42.5 Å². The maximum absolute atomic E-state index is 10.2. The third-order valence-corrected chi connectivity index (χ3v) is 3.65. The highest BCUT2D eigenvalue weighted by Gasteiger charge is 2.28. The molecule has 1 aromatic carbocycles. The number of benzene rings is 1. The molecule has 0 aliphatic carbocycles. The highest BCUT2D eigenvalue weighted by molar-refractivity contribution is 6.48. The summed E-state index contributed by atoms with van der Waals surface area (Å²) in [6.45, 7) is 10.9. The predicted molar refractivity (Wildman–Crippen MR) is 91.4 cm³/mol. The highest BCUT2D eigenvalue weighted by atomic mass is 28.3. The van der Waals surface area contributed by atoms with Crippen LogP contribution < -0.4 is 0 Å². The van der Waals surface area contributed by atoms with Crippen LogP contribution in [0.1, 0.15) is 38.0 Å². The Bertz CT molecular complexity index is 510. The van der Waals surface area contributed by atoms with E-state index in [1.807, 2.05) is 12.2 Å². The van der Waals surface area contributed by atoms with Crippen LogP contribution in [-0.2, 0) is 9.22 Å². The fraction of sp³-hybridized carbons (Fsp3) is 0.389. The van der Waals surface area contributed by atoms with Gasteiger partial charge in [-0.05, 0) is 41.8 Å². The molecule has 113 valence electrons. The Hall–Kier alpha value is -1.45. The molecule has 0 aromatic heterocycles. The van der Waals surface area contributed by atoms with E-state index in [1.165, 1.54) is 11.6 Å². The molecule has 0 aliphatic rings. The smallest absolute Gasteiger partial charge is 0.205 e. The van der Waals surface area contributed by atoms with Crippen LogP contribution in [0.2, 0.25) is 13.1 Å². The molecular formula is C18H25O2Si. The SMILES string of the molecule is C[Si](C)OC(c1cccc(C=CC=CC=O)c1)C(C)(C)C. The summed E-state index contributed by atoms with van der Waals surface area (Å²) in [6.07, 6.45) is 7.94. The topological polar surface area (TPSA) is 26.3 Å². The number of aldehydes is 1. The summed E-state index contributed by atoms with van der Waals surface area (Å²) >= 11 is 0. The van der Waals surface area contributed by atoms with Gasteiger partial charge in [0, 0.05) is 0 Å². The van der Waals surface area contributed by atoms with Gasteiger partial charge in [-0.1, -0.05) is 57.2 Å². The summed E-state index contributed by atoms with van der Waals surface area (Å²) in [5, 5.41) is 0. The number of rotatable bonds is 6. The molecule has 1 atom stereocenters. The van der Waals surface area contributed by atoms with Crippen LogP contribution in [0.3, 0.4) is 0 Å². The van der Waals surface area contributed by atoms with Crippen molar-refractivity contribution in [2.75, 3.05) is 0 Å². The third-order valence-electron chi connectivity index (χ3n) is 2.94. The zero-order valence-electron chi connectivity index (χ0n) is 13.6. The molecule has 3 heteroatoms. The van der Waals surface area contributed by atoms with E-state index < -0.39 is 9.04 Å². The lowest BCUT2D eigenvalue weighted by molar-refractivity contribution is -0.104. The van der Waals surface area contributed by atoms with Gasteiger partial charge in [0.2, 0.25) is 9.04 Å². The van der Waals surface area contributed by atoms with E-state index in [9.17, 15) is 4.79 Å². The van der Waals surface area contributed by atoms with Crippen LogP contribution in [0, 0.1) is 5.41 Å². The van der Waals surface area contributed by atoms with Crippen molar-refractivity contribution >= 4 is 21.4 Å². The molecule has 0 heterocycles. The molecular weight excluding hydrogens is 276 g/mol. The van der Waals surface area contributed by atoms with Gasteiger partial charge in [0.15, 0.2) is 0 Å². The molecule has 1 radical (unpaired) electrons. The lowest BCUT2D eigenvalue weighted by Crippen LogP contribution is -2.25. The minimum absolute atomic E-state index is 0.0572. The molecule has 2 nitrogen and oxygen atoms in total. The number of allylic oxidation sites excluding steroid dienone is 3. The first-order valence-corrected chi connectivity index (χ1v) is 9.60. The van der Waals surface area contributed by atoms with Crippen molar-refractivity contribution in [3.63, 3.8) is 0 Å². The van der Waals surface area contributed by atoms with E-state index in [0.717, 1.165) is 11.8 Å². The van der Waals surface area contributed by atoms with Crippen LogP contribution in [0.4, 0.5) is 0 Å². The van der Waals surface area contributed by atoms with Crippen molar-refractivity contribution < 1.29 is 9.22 Å². The van der Waals surface area contributed by atoms with E-state index in [0.29, 0.717) is 0 Å². The second-order valence-corrected chi connectivity index (χ2v) is 8.37. The van der Waals surface area contributed by atoms with Gasteiger partial charge in [0.05, 0.1) is 6.10 Å². The molecule has 0 fully saturated rings. The highest BCUT2D eigenvalue weighted by Crippen LogP contribution is 2.36. The molecule has 1 aromatic rings. The summed E-state index contributed by atoms with van der Waals surface area (Å²) < 4.78 is 6.22. The van der Waals surface area contributed by atoms with Crippen molar-refractivity contribution in [1.29, 1.82) is 0 Å². The standard InChI is InChI=1S/C18H25O2Si/c1-18(2,3)17(20-21(4)5)16-12-9-11-15(14-16)10-7-6-8-13-19/h6-14,17H,1-5H3. The van der Waals surface area contributed by atoms with Crippen LogP contribution >= 0.6 is 0 Å². The van der Waals surface area contributed by atoms with Crippen molar-refractivity contribution in [2.45, 2.75) is 40.0 Å². The van der Waals surface area contributed by atoms with E-state index in [1.54, 1.807) is 6.08 Å². The van der Waals surface area contributed by atoms with Gasteiger partial charge >= 0.3 is 0 Å². The van der Waals surface area contributed by atoms with Gasteiger partial charge in [0.1, 0.15) is 6.29 Å². The van der Waals surface area contributed by atoms with E-state index in [4.69, 9.17) is 4.43 Å². The van der Waals surface area contributed by atoms with E-state index in [2.05, 4.69) is 58.1 Å². The zero-order valence-corrected chi connectivity index (χ0v) is 14.6. The first-order chi connectivity index (χ1) is 9.84. The van der Waals surface area contributed by atoms with Gasteiger partial charge in [-0.2, -0.15) is 0 Å². The van der Waals surface area contributed by atoms with Crippen molar-refractivity contribution in [3.8, 4) is 0 Å². The second-order valence-electron chi connectivity index (χ2n) is 6.32. The van der Waals surface area contributed by atoms with Crippen molar-refractivity contribution in [3.05, 3.63) is 53.6 Å². The lowest BCUT2D eigenvalue weighted by atomic mass is 9.84. The quantitative estimate of drug-likeness (QED) is 0.326. The summed E-state index contributed by atoms with van der Waals surface area (Å²) in [4.78, 5) is 10.2. The van der Waals surface area contributed by atoms with Crippen LogP contribution in [0.5, 0.6) is 0 Å². The van der Waals surface area contributed by atoms with Gasteiger partial charge in [-0.15, -0.1) is 0 Å². The first kappa shape index (κ1) is 17.6. The Morgan fingerprint density at radius 2 is 1.86 bits per heavy atom. The Morgan fingerprint density at radius 3 is 2.43 bits per heavy atom. The van der Waals surface area contributed by atoms with Crippen LogP contribution in [-0.4, -0.2) is 15.3 Å². The Kier molecular flexibility index (Phi) is 6.79. The van der Waals surface area contributed by atoms with Gasteiger partial charge in [-0.3, -0.25) is 4.79 Å². The normalized spacial score (nSPS) is 14.2. The Labute approximate surface area is 130 Å². The summed E-state index contributed by atoms with van der Waals surface area (Å²) in [5.74, 6) is 0. The minimum atomic E-state index is -0.767. The van der Waals surface area contributed by atoms with Gasteiger partial charge < -0.3 is 4.43 Å². The lowest BCUT2D eigenvalue weighted by Gasteiger charge is -2.33. The fourth-order valence-electron chi connectivity index (χ4n) is 2.08. The molecule has 0 saturated carbocycles.